The fourth-order valence-electron chi connectivity index (χ4n) is 2.42. The van der Waals surface area contributed by atoms with E-state index < -0.39 is 0 Å². The number of ether oxygens (including phenoxy) is 2. The van der Waals surface area contributed by atoms with Crippen LogP contribution in [0.1, 0.15) is 5.56 Å². The lowest BCUT2D eigenvalue weighted by molar-refractivity contribution is 0.404. The summed E-state index contributed by atoms with van der Waals surface area (Å²) in [5.41, 5.74) is 4.40. The predicted molar refractivity (Wildman–Crippen MR) is 81.6 cm³/mol. The fourth-order valence-corrected chi connectivity index (χ4v) is 2.42. The monoisotopic (exact) mass is 267 g/mol. The largest absolute Gasteiger partial charge is 0.497 e. The van der Waals surface area contributed by atoms with E-state index in [-0.39, 0.29) is 0 Å². The molecule has 0 bridgehead atoms. The molecule has 1 N–H and O–H groups in total. The summed E-state index contributed by atoms with van der Waals surface area (Å²) in [5.74, 6) is 1.64. The highest BCUT2D eigenvalue weighted by Crippen LogP contribution is 2.34. The van der Waals surface area contributed by atoms with Crippen molar-refractivity contribution in [3.05, 3.63) is 48.0 Å². The van der Waals surface area contributed by atoms with E-state index in [0.29, 0.717) is 0 Å². The molecule has 0 fully saturated rings. The summed E-state index contributed by atoms with van der Waals surface area (Å²) in [6.45, 7) is 2.10. The Morgan fingerprint density at radius 2 is 1.75 bits per heavy atom. The third kappa shape index (κ3) is 2.11. The lowest BCUT2D eigenvalue weighted by Gasteiger charge is -2.09. The number of rotatable bonds is 3. The first-order valence-electron chi connectivity index (χ1n) is 6.53. The molecule has 0 aliphatic carbocycles. The van der Waals surface area contributed by atoms with Gasteiger partial charge in [0, 0.05) is 16.5 Å². The van der Waals surface area contributed by atoms with Gasteiger partial charge >= 0.3 is 0 Å². The van der Waals surface area contributed by atoms with Crippen LogP contribution in [-0.2, 0) is 0 Å². The van der Waals surface area contributed by atoms with Crippen molar-refractivity contribution >= 4 is 10.9 Å². The molecular formula is C17H17NO2. The summed E-state index contributed by atoms with van der Waals surface area (Å²) in [7, 11) is 3.35. The van der Waals surface area contributed by atoms with Crippen LogP contribution in [0.3, 0.4) is 0 Å². The van der Waals surface area contributed by atoms with Gasteiger partial charge in [0.2, 0.25) is 0 Å². The number of methoxy groups -OCH3 is 2. The van der Waals surface area contributed by atoms with Crippen LogP contribution in [0.2, 0.25) is 0 Å². The minimum Gasteiger partial charge on any atom is -0.497 e. The zero-order chi connectivity index (χ0) is 14.1. The number of aromatic nitrogens is 1. The van der Waals surface area contributed by atoms with Gasteiger partial charge in [-0.15, -0.1) is 0 Å². The first kappa shape index (κ1) is 12.6. The van der Waals surface area contributed by atoms with Gasteiger partial charge in [-0.05, 0) is 43.3 Å². The first-order valence-corrected chi connectivity index (χ1v) is 6.53. The van der Waals surface area contributed by atoms with E-state index in [1.807, 2.05) is 18.2 Å². The van der Waals surface area contributed by atoms with Gasteiger partial charge in [-0.2, -0.15) is 0 Å². The molecule has 102 valence electrons. The molecular weight excluding hydrogens is 250 g/mol. The summed E-state index contributed by atoms with van der Waals surface area (Å²) >= 11 is 0. The third-order valence-electron chi connectivity index (χ3n) is 3.47. The number of hydrogen-bond acceptors (Lipinski definition) is 2. The molecule has 3 nitrogen and oxygen atoms in total. The van der Waals surface area contributed by atoms with Crippen LogP contribution in [0.25, 0.3) is 22.2 Å². The highest BCUT2D eigenvalue weighted by molar-refractivity contribution is 5.87. The topological polar surface area (TPSA) is 34.2 Å². The smallest absolute Gasteiger partial charge is 0.128 e. The average Bonchev–Trinajstić information content (AvgIpc) is 2.89. The van der Waals surface area contributed by atoms with Crippen molar-refractivity contribution in [3.63, 3.8) is 0 Å². The Hall–Kier alpha value is -2.42. The van der Waals surface area contributed by atoms with Crippen LogP contribution in [0.4, 0.5) is 0 Å². The van der Waals surface area contributed by atoms with Crippen LogP contribution in [0.5, 0.6) is 11.5 Å². The molecule has 0 aliphatic heterocycles. The number of benzene rings is 2. The Balaban J connectivity index is 2.18. The number of H-pyrrole nitrogens is 1. The number of fused-ring (bicyclic) bond motifs is 1. The van der Waals surface area contributed by atoms with Crippen molar-refractivity contribution in [2.45, 2.75) is 6.92 Å². The molecule has 0 atom stereocenters. The molecule has 2 aromatic carbocycles. The van der Waals surface area contributed by atoms with Crippen LogP contribution in [0.15, 0.2) is 42.5 Å². The molecule has 0 amide bonds. The Bertz CT molecular complexity index is 759. The van der Waals surface area contributed by atoms with Crippen molar-refractivity contribution in [2.75, 3.05) is 14.2 Å². The van der Waals surface area contributed by atoms with Crippen molar-refractivity contribution in [1.82, 2.24) is 4.98 Å². The summed E-state index contributed by atoms with van der Waals surface area (Å²) < 4.78 is 10.7. The minimum absolute atomic E-state index is 0.815. The van der Waals surface area contributed by atoms with Gasteiger partial charge in [0.15, 0.2) is 0 Å². The van der Waals surface area contributed by atoms with E-state index in [2.05, 4.69) is 36.2 Å². The maximum atomic E-state index is 5.44. The number of aromatic amines is 1. The van der Waals surface area contributed by atoms with Crippen molar-refractivity contribution in [2.24, 2.45) is 0 Å². The van der Waals surface area contributed by atoms with Crippen LogP contribution < -0.4 is 9.47 Å². The van der Waals surface area contributed by atoms with Crippen molar-refractivity contribution in [1.29, 1.82) is 0 Å². The van der Waals surface area contributed by atoms with E-state index in [1.165, 1.54) is 10.9 Å². The van der Waals surface area contributed by atoms with Crippen LogP contribution in [0, 0.1) is 6.92 Å². The SMILES string of the molecule is COc1ccc(OC)c(-c2cc3cc(C)ccc3[nH]2)c1. The molecule has 3 heteroatoms. The Morgan fingerprint density at radius 1 is 0.900 bits per heavy atom. The Morgan fingerprint density at radius 3 is 2.50 bits per heavy atom. The van der Waals surface area contributed by atoms with Gasteiger partial charge < -0.3 is 14.5 Å². The van der Waals surface area contributed by atoms with Crippen molar-refractivity contribution in [3.8, 4) is 22.8 Å². The maximum Gasteiger partial charge on any atom is 0.128 e. The lowest BCUT2D eigenvalue weighted by atomic mass is 10.1. The molecule has 0 spiro atoms. The number of hydrogen-bond donors (Lipinski definition) is 1. The normalized spacial score (nSPS) is 10.8. The second-order valence-corrected chi connectivity index (χ2v) is 4.84. The molecule has 0 radical (unpaired) electrons. The standard InChI is InChI=1S/C17H17NO2/c1-11-4-6-15-12(8-11)9-16(18-15)14-10-13(19-2)5-7-17(14)20-3/h4-10,18H,1-3H3. The lowest BCUT2D eigenvalue weighted by Crippen LogP contribution is -1.90. The fraction of sp³-hybridized carbons (Fsp3) is 0.176. The molecule has 20 heavy (non-hydrogen) atoms. The molecule has 3 aromatic rings. The van der Waals surface area contributed by atoms with E-state index in [1.54, 1.807) is 14.2 Å². The molecule has 0 saturated carbocycles. The van der Waals surface area contributed by atoms with E-state index in [9.17, 15) is 0 Å². The van der Waals surface area contributed by atoms with Gasteiger partial charge in [0.1, 0.15) is 11.5 Å². The zero-order valence-electron chi connectivity index (χ0n) is 11.9. The molecule has 0 unspecified atom stereocenters. The highest BCUT2D eigenvalue weighted by Gasteiger charge is 2.10. The Labute approximate surface area is 118 Å². The average molecular weight is 267 g/mol. The summed E-state index contributed by atoms with van der Waals surface area (Å²) in [6, 6.07) is 14.3. The summed E-state index contributed by atoms with van der Waals surface area (Å²) in [6.07, 6.45) is 0. The maximum absolute atomic E-state index is 5.44. The molecule has 0 aliphatic rings. The number of aryl methyl sites for hydroxylation is 1. The predicted octanol–water partition coefficient (Wildman–Crippen LogP) is 4.16. The summed E-state index contributed by atoms with van der Waals surface area (Å²) in [4.78, 5) is 3.43. The van der Waals surface area contributed by atoms with Gasteiger partial charge in [0.25, 0.3) is 0 Å². The molecule has 0 saturated heterocycles. The van der Waals surface area contributed by atoms with Gasteiger partial charge in [-0.1, -0.05) is 11.6 Å². The summed E-state index contributed by atoms with van der Waals surface area (Å²) in [5, 5.41) is 1.20. The Kier molecular flexibility index (Phi) is 3.11. The van der Waals surface area contributed by atoms with Crippen molar-refractivity contribution < 1.29 is 9.47 Å². The van der Waals surface area contributed by atoms with Gasteiger partial charge in [-0.3, -0.25) is 0 Å². The molecule has 3 rings (SSSR count). The minimum atomic E-state index is 0.815. The second-order valence-electron chi connectivity index (χ2n) is 4.84. The van der Waals surface area contributed by atoms with E-state index >= 15 is 0 Å². The van der Waals surface area contributed by atoms with Gasteiger partial charge in [-0.25, -0.2) is 0 Å². The second kappa shape index (κ2) is 4.93. The first-order chi connectivity index (χ1) is 9.71. The van der Waals surface area contributed by atoms with E-state index in [0.717, 1.165) is 28.3 Å². The van der Waals surface area contributed by atoms with Crippen LogP contribution >= 0.6 is 0 Å². The highest BCUT2D eigenvalue weighted by atomic mass is 16.5. The van der Waals surface area contributed by atoms with E-state index in [4.69, 9.17) is 9.47 Å². The van der Waals surface area contributed by atoms with Gasteiger partial charge in [0.05, 0.1) is 19.9 Å². The quantitative estimate of drug-likeness (QED) is 0.773. The molecule has 1 aromatic heterocycles. The third-order valence-corrected chi connectivity index (χ3v) is 3.47. The molecule has 1 heterocycles. The number of nitrogens with one attached hydrogen (secondary N) is 1. The van der Waals surface area contributed by atoms with Crippen LogP contribution in [-0.4, -0.2) is 19.2 Å². The zero-order valence-corrected chi connectivity index (χ0v) is 11.9.